The van der Waals surface area contributed by atoms with Gasteiger partial charge in [0.1, 0.15) is 26.0 Å². The molecule has 1 fully saturated rings. The second-order valence-corrected chi connectivity index (χ2v) is 14.4. The maximum atomic E-state index is 14.1. The number of nitrogens with one attached hydrogen (secondary N) is 3. The zero-order valence-electron chi connectivity index (χ0n) is 29.6. The minimum atomic E-state index is -1.26. The standard InChI is InChI=1S/C35H52BN5O7/c1-9-10-11-26(32(44)45)37-30(42)27(16-23-19-40(34(47)48-8)29-15-14-24(36)17-25(23)29)38-31(43)28(18-35(5,6)7)39-33(46)41-21(3)13-12-20(2)22(41)4/h14-15,17,19-22,26-28H,9-13,16,18H2,1-8H3,(H,37,42)(H,38,43)(H,39,46)(H,44,45)/t20?,21-,22+,26-,27-,28+/m1/s1. The highest BCUT2D eigenvalue weighted by molar-refractivity contribution is 6.33. The number of unbranched alkanes of at least 4 members (excludes halogenated alkanes) is 1. The molecular weight excluding hydrogens is 613 g/mol. The van der Waals surface area contributed by atoms with E-state index in [-0.39, 0.29) is 42.8 Å². The molecule has 2 aromatic rings. The number of carbonyl (C=O) groups is 5. The lowest BCUT2D eigenvalue weighted by molar-refractivity contribution is -0.142. The molecule has 1 aromatic carbocycles. The van der Waals surface area contributed by atoms with Crippen molar-refractivity contribution >= 4 is 54.1 Å². The number of nitrogens with zero attached hydrogens (tertiary/aromatic N) is 2. The van der Waals surface area contributed by atoms with Gasteiger partial charge in [0.2, 0.25) is 11.8 Å². The maximum absolute atomic E-state index is 14.1. The molecule has 1 unspecified atom stereocenters. The average Bonchev–Trinajstić information content (AvgIpc) is 3.36. The molecule has 48 heavy (non-hydrogen) atoms. The fourth-order valence-corrected chi connectivity index (χ4v) is 6.36. The van der Waals surface area contributed by atoms with Gasteiger partial charge < -0.3 is 30.7 Å². The Morgan fingerprint density at radius 3 is 2.25 bits per heavy atom. The molecule has 0 saturated carbocycles. The van der Waals surface area contributed by atoms with Crippen molar-refractivity contribution in [3.8, 4) is 0 Å². The number of carboxylic acid groups (broad SMARTS) is 1. The first-order chi connectivity index (χ1) is 22.5. The first kappa shape index (κ1) is 38.4. The number of carboxylic acids is 1. The van der Waals surface area contributed by atoms with Gasteiger partial charge in [0.25, 0.3) is 0 Å². The van der Waals surface area contributed by atoms with Crippen LogP contribution in [0.2, 0.25) is 0 Å². The lowest BCUT2D eigenvalue weighted by Gasteiger charge is -2.43. The number of aromatic nitrogens is 1. The van der Waals surface area contributed by atoms with E-state index < -0.39 is 42.0 Å². The fourth-order valence-electron chi connectivity index (χ4n) is 6.36. The van der Waals surface area contributed by atoms with Gasteiger partial charge in [-0.15, -0.1) is 0 Å². The van der Waals surface area contributed by atoms with E-state index >= 15 is 0 Å². The third-order valence-corrected chi connectivity index (χ3v) is 9.24. The zero-order chi connectivity index (χ0) is 35.9. The largest absolute Gasteiger partial charge is 0.480 e. The number of carbonyl (C=O) groups excluding carboxylic acids is 4. The SMILES string of the molecule is [B]c1ccc2c(c1)c(C[C@@H](NC(=O)[C@H](CC(C)(C)C)NC(=O)N1[C@H](C)CCC(C)[C@@H]1C)C(=O)N[C@H](CCCC)C(=O)O)cn2C(=O)OC. The Balaban J connectivity index is 2.00. The minimum Gasteiger partial charge on any atom is -0.480 e. The van der Waals surface area contributed by atoms with E-state index in [9.17, 15) is 29.1 Å². The van der Waals surface area contributed by atoms with E-state index in [0.717, 1.165) is 19.3 Å². The Morgan fingerprint density at radius 1 is 1.00 bits per heavy atom. The van der Waals surface area contributed by atoms with E-state index in [1.54, 1.807) is 23.1 Å². The van der Waals surface area contributed by atoms with Crippen LogP contribution in [0.25, 0.3) is 10.9 Å². The van der Waals surface area contributed by atoms with Gasteiger partial charge in [0.15, 0.2) is 0 Å². The predicted molar refractivity (Wildman–Crippen MR) is 185 cm³/mol. The quantitative estimate of drug-likeness (QED) is 0.251. The van der Waals surface area contributed by atoms with Gasteiger partial charge in [-0.25, -0.2) is 14.4 Å². The number of hydrogen-bond acceptors (Lipinski definition) is 6. The number of aliphatic carboxylic acids is 1. The van der Waals surface area contributed by atoms with Gasteiger partial charge >= 0.3 is 18.1 Å². The molecule has 262 valence electrons. The summed E-state index contributed by atoms with van der Waals surface area (Å²) >= 11 is 0. The third kappa shape index (κ3) is 9.76. The van der Waals surface area contributed by atoms with Crippen molar-refractivity contribution in [1.82, 2.24) is 25.4 Å². The van der Waals surface area contributed by atoms with Gasteiger partial charge in [0.05, 0.1) is 12.6 Å². The molecule has 2 radical (unpaired) electrons. The summed E-state index contributed by atoms with van der Waals surface area (Å²) in [5, 5.41) is 18.8. The van der Waals surface area contributed by atoms with Crippen molar-refractivity contribution in [3.05, 3.63) is 30.0 Å². The van der Waals surface area contributed by atoms with Crippen molar-refractivity contribution in [1.29, 1.82) is 0 Å². The van der Waals surface area contributed by atoms with E-state index in [0.29, 0.717) is 34.3 Å². The van der Waals surface area contributed by atoms with Crippen molar-refractivity contribution in [2.24, 2.45) is 11.3 Å². The van der Waals surface area contributed by atoms with Gasteiger partial charge in [-0.05, 0) is 62.5 Å². The monoisotopic (exact) mass is 665 g/mol. The molecule has 2 heterocycles. The molecular formula is C35H52BN5O7. The number of likely N-dealkylation sites (tertiary alicyclic amines) is 1. The van der Waals surface area contributed by atoms with Crippen LogP contribution in [0.1, 0.15) is 92.6 Å². The van der Waals surface area contributed by atoms with E-state index in [1.165, 1.54) is 17.9 Å². The third-order valence-electron chi connectivity index (χ3n) is 9.24. The molecule has 4 amide bonds. The van der Waals surface area contributed by atoms with Crippen LogP contribution in [-0.2, 0) is 25.5 Å². The molecule has 13 heteroatoms. The van der Waals surface area contributed by atoms with Crippen LogP contribution in [0, 0.1) is 11.3 Å². The molecule has 1 saturated heterocycles. The van der Waals surface area contributed by atoms with Crippen molar-refractivity contribution in [3.63, 3.8) is 0 Å². The molecule has 3 rings (SSSR count). The highest BCUT2D eigenvalue weighted by atomic mass is 16.5. The summed E-state index contributed by atoms with van der Waals surface area (Å²) < 4.78 is 6.23. The number of rotatable bonds is 12. The van der Waals surface area contributed by atoms with E-state index in [4.69, 9.17) is 12.6 Å². The smallest absolute Gasteiger partial charge is 0.418 e. The van der Waals surface area contributed by atoms with Gasteiger partial charge in [0, 0.05) is 30.1 Å². The minimum absolute atomic E-state index is 0.0105. The van der Waals surface area contributed by atoms with Crippen molar-refractivity contribution in [2.45, 2.75) is 124 Å². The van der Waals surface area contributed by atoms with Crippen LogP contribution in [0.15, 0.2) is 24.4 Å². The molecule has 4 N–H and O–H groups in total. The summed E-state index contributed by atoms with van der Waals surface area (Å²) in [6.45, 7) is 13.9. The van der Waals surface area contributed by atoms with Crippen molar-refractivity contribution in [2.75, 3.05) is 7.11 Å². The Hall–Kier alpha value is -4.03. The highest BCUT2D eigenvalue weighted by Gasteiger charge is 2.37. The number of urea groups is 1. The van der Waals surface area contributed by atoms with Crippen LogP contribution in [-0.4, -0.2) is 89.6 Å². The van der Waals surface area contributed by atoms with Crippen LogP contribution in [0.4, 0.5) is 9.59 Å². The first-order valence-electron chi connectivity index (χ1n) is 16.9. The molecule has 1 aliphatic rings. The summed E-state index contributed by atoms with van der Waals surface area (Å²) in [4.78, 5) is 68.1. The normalized spacial score (nSPS) is 20.0. The Bertz CT molecular complexity index is 1490. The Morgan fingerprint density at radius 2 is 1.65 bits per heavy atom. The number of benzene rings is 1. The van der Waals surface area contributed by atoms with Crippen LogP contribution >= 0.6 is 0 Å². The average molecular weight is 666 g/mol. The van der Waals surface area contributed by atoms with Crippen molar-refractivity contribution < 1.29 is 33.8 Å². The van der Waals surface area contributed by atoms with Gasteiger partial charge in [-0.1, -0.05) is 65.1 Å². The predicted octanol–water partition coefficient (Wildman–Crippen LogP) is 3.86. The molecule has 6 atom stereocenters. The fraction of sp³-hybridized carbons (Fsp3) is 0.629. The summed E-state index contributed by atoms with van der Waals surface area (Å²) in [5.41, 5.74) is 1.04. The molecule has 0 aliphatic carbocycles. The Kier molecular flexibility index (Phi) is 13.1. The van der Waals surface area contributed by atoms with E-state index in [1.807, 2.05) is 41.5 Å². The molecule has 1 aliphatic heterocycles. The second kappa shape index (κ2) is 16.4. The number of methoxy groups -OCH3 is 1. The lowest BCUT2D eigenvalue weighted by Crippen LogP contribution is -2.60. The summed E-state index contributed by atoms with van der Waals surface area (Å²) in [6, 6.07) is 1.14. The van der Waals surface area contributed by atoms with Crippen LogP contribution < -0.4 is 21.4 Å². The highest BCUT2D eigenvalue weighted by Crippen LogP contribution is 2.29. The van der Waals surface area contributed by atoms with Crippen LogP contribution in [0.3, 0.4) is 0 Å². The summed E-state index contributed by atoms with van der Waals surface area (Å²) in [5.74, 6) is -2.18. The molecule has 0 spiro atoms. The van der Waals surface area contributed by atoms with Crippen LogP contribution in [0.5, 0.6) is 0 Å². The lowest BCUT2D eigenvalue weighted by atomic mass is 9.87. The summed E-state index contributed by atoms with van der Waals surface area (Å²) in [7, 11) is 7.33. The number of ether oxygens (including phenoxy) is 1. The number of piperidine rings is 1. The zero-order valence-corrected chi connectivity index (χ0v) is 29.6. The Labute approximate surface area is 285 Å². The molecule has 12 nitrogen and oxygen atoms in total. The second-order valence-electron chi connectivity index (χ2n) is 14.4. The summed E-state index contributed by atoms with van der Waals surface area (Å²) in [6.07, 6.45) is 4.41. The number of fused-ring (bicyclic) bond motifs is 1. The molecule has 0 bridgehead atoms. The number of hydrogen-bond donors (Lipinski definition) is 4. The number of amides is 4. The van der Waals surface area contributed by atoms with E-state index in [2.05, 4.69) is 22.9 Å². The van der Waals surface area contributed by atoms with Gasteiger partial charge in [-0.2, -0.15) is 0 Å². The maximum Gasteiger partial charge on any atom is 0.418 e. The topological polar surface area (TPSA) is 159 Å². The van der Waals surface area contributed by atoms with Gasteiger partial charge in [-0.3, -0.25) is 14.2 Å². The first-order valence-corrected chi connectivity index (χ1v) is 16.9. The molecule has 1 aromatic heterocycles.